The molecule has 20 heavy (non-hydrogen) atoms. The Hall–Kier alpha value is -1.84. The van der Waals surface area contributed by atoms with Gasteiger partial charge in [-0.1, -0.05) is 44.0 Å². The fraction of sp³-hybridized carbons (Fsp3) is 0.500. The predicted molar refractivity (Wildman–Crippen MR) is 81.7 cm³/mol. The zero-order valence-electron chi connectivity index (χ0n) is 12.5. The molecule has 0 bridgehead atoms. The van der Waals surface area contributed by atoms with Crippen molar-refractivity contribution in [3.63, 3.8) is 0 Å². The van der Waals surface area contributed by atoms with Gasteiger partial charge in [-0.3, -0.25) is 0 Å². The van der Waals surface area contributed by atoms with Crippen molar-refractivity contribution < 1.29 is 4.52 Å². The van der Waals surface area contributed by atoms with Crippen molar-refractivity contribution in [1.82, 2.24) is 10.1 Å². The summed E-state index contributed by atoms with van der Waals surface area (Å²) >= 11 is 0. The average molecular weight is 273 g/mol. The Balaban J connectivity index is 2.19. The topological polar surface area (TPSA) is 51.0 Å². The molecule has 4 heteroatoms. The van der Waals surface area contributed by atoms with Gasteiger partial charge in [0.05, 0.1) is 5.56 Å². The molecule has 1 unspecified atom stereocenters. The van der Waals surface area contributed by atoms with E-state index in [2.05, 4.69) is 35.4 Å². The first-order chi connectivity index (χ1) is 9.74. The van der Waals surface area contributed by atoms with Crippen LogP contribution in [0.1, 0.15) is 45.4 Å². The van der Waals surface area contributed by atoms with Gasteiger partial charge in [0.1, 0.15) is 0 Å². The lowest BCUT2D eigenvalue weighted by molar-refractivity contribution is 0.425. The fourth-order valence-electron chi connectivity index (χ4n) is 2.25. The Morgan fingerprint density at radius 1 is 1.25 bits per heavy atom. The first-order valence-corrected chi connectivity index (χ1v) is 7.40. The third-order valence-corrected chi connectivity index (χ3v) is 3.44. The van der Waals surface area contributed by atoms with Crippen molar-refractivity contribution in [2.75, 3.05) is 5.32 Å². The summed E-state index contributed by atoms with van der Waals surface area (Å²) in [6.07, 6.45) is 4.76. The molecule has 0 spiro atoms. The molecule has 0 aliphatic heterocycles. The van der Waals surface area contributed by atoms with Crippen LogP contribution in [-0.4, -0.2) is 16.2 Å². The molecule has 1 aromatic carbocycles. The highest BCUT2D eigenvalue weighted by molar-refractivity contribution is 5.72. The molecule has 108 valence electrons. The van der Waals surface area contributed by atoms with E-state index in [1.54, 1.807) is 0 Å². The Bertz CT molecular complexity index is 536. The number of aryl methyl sites for hydroxylation is 1. The summed E-state index contributed by atoms with van der Waals surface area (Å²) in [5.74, 6) is 1.24. The van der Waals surface area contributed by atoms with Crippen LogP contribution in [0.4, 0.5) is 5.69 Å². The lowest BCUT2D eigenvalue weighted by atomic mass is 10.1. The fourth-order valence-corrected chi connectivity index (χ4v) is 2.25. The van der Waals surface area contributed by atoms with E-state index in [9.17, 15) is 0 Å². The molecule has 0 aliphatic rings. The molecule has 0 saturated carbocycles. The summed E-state index contributed by atoms with van der Waals surface area (Å²) in [4.78, 5) is 4.32. The summed E-state index contributed by atoms with van der Waals surface area (Å²) in [5, 5.41) is 7.48. The standard InChI is InChI=1S/C16H23N3O/c1-4-6-9-13(5-2)18-15-11-8-7-10-14(15)16-17-12(3)19-20-16/h7-8,10-11,13,18H,4-6,9H2,1-3H3. The molecule has 0 aliphatic carbocycles. The first-order valence-electron chi connectivity index (χ1n) is 7.40. The molecule has 4 nitrogen and oxygen atoms in total. The van der Waals surface area contributed by atoms with Crippen molar-refractivity contribution in [2.24, 2.45) is 0 Å². The number of rotatable bonds is 7. The minimum atomic E-state index is 0.486. The highest BCUT2D eigenvalue weighted by Crippen LogP contribution is 2.27. The van der Waals surface area contributed by atoms with Crippen LogP contribution in [0.2, 0.25) is 0 Å². The van der Waals surface area contributed by atoms with Crippen molar-refractivity contribution >= 4 is 5.69 Å². The smallest absolute Gasteiger partial charge is 0.260 e. The van der Waals surface area contributed by atoms with Gasteiger partial charge in [0.25, 0.3) is 5.89 Å². The third kappa shape index (κ3) is 3.59. The van der Waals surface area contributed by atoms with E-state index in [0.29, 0.717) is 17.8 Å². The molecular formula is C16H23N3O. The van der Waals surface area contributed by atoms with E-state index < -0.39 is 0 Å². The van der Waals surface area contributed by atoms with Crippen molar-refractivity contribution in [3.05, 3.63) is 30.1 Å². The monoisotopic (exact) mass is 273 g/mol. The summed E-state index contributed by atoms with van der Waals surface area (Å²) in [7, 11) is 0. The number of anilines is 1. The summed E-state index contributed by atoms with van der Waals surface area (Å²) in [6.45, 7) is 6.27. The Kier molecular flexibility index (Phi) is 5.16. The molecule has 1 atom stereocenters. The third-order valence-electron chi connectivity index (χ3n) is 3.44. The van der Waals surface area contributed by atoms with Crippen molar-refractivity contribution in [2.45, 2.75) is 52.5 Å². The molecule has 0 saturated heterocycles. The highest BCUT2D eigenvalue weighted by atomic mass is 16.5. The van der Waals surface area contributed by atoms with Crippen molar-refractivity contribution in [3.8, 4) is 11.5 Å². The van der Waals surface area contributed by atoms with Gasteiger partial charge >= 0.3 is 0 Å². The van der Waals surface area contributed by atoms with E-state index in [0.717, 1.165) is 17.7 Å². The number of nitrogens with zero attached hydrogens (tertiary/aromatic N) is 2. The van der Waals surface area contributed by atoms with Gasteiger partial charge in [0.15, 0.2) is 5.82 Å². The second-order valence-corrected chi connectivity index (χ2v) is 5.08. The molecular weight excluding hydrogens is 250 g/mol. The van der Waals surface area contributed by atoms with Gasteiger partial charge in [0.2, 0.25) is 0 Å². The number of nitrogens with one attached hydrogen (secondary N) is 1. The number of benzene rings is 1. The molecule has 1 heterocycles. The van der Waals surface area contributed by atoms with Crippen LogP contribution in [0.25, 0.3) is 11.5 Å². The van der Waals surface area contributed by atoms with Crippen molar-refractivity contribution in [1.29, 1.82) is 0 Å². The van der Waals surface area contributed by atoms with E-state index in [4.69, 9.17) is 4.52 Å². The van der Waals surface area contributed by atoms with E-state index in [-0.39, 0.29) is 0 Å². The number of hydrogen-bond donors (Lipinski definition) is 1. The lowest BCUT2D eigenvalue weighted by Crippen LogP contribution is -2.18. The van der Waals surface area contributed by atoms with Crippen LogP contribution in [0, 0.1) is 6.92 Å². The van der Waals surface area contributed by atoms with Crippen LogP contribution < -0.4 is 5.32 Å². The van der Waals surface area contributed by atoms with Gasteiger partial charge in [-0.25, -0.2) is 0 Å². The summed E-state index contributed by atoms with van der Waals surface area (Å²) in [5.41, 5.74) is 2.04. The number of unbranched alkanes of at least 4 members (excludes halogenated alkanes) is 1. The van der Waals surface area contributed by atoms with E-state index in [1.165, 1.54) is 19.3 Å². The zero-order valence-corrected chi connectivity index (χ0v) is 12.5. The molecule has 2 aromatic rings. The largest absolute Gasteiger partial charge is 0.382 e. The molecule has 2 rings (SSSR count). The van der Waals surface area contributed by atoms with E-state index >= 15 is 0 Å². The Labute approximate surface area is 120 Å². The number of para-hydroxylation sites is 1. The zero-order chi connectivity index (χ0) is 14.4. The Morgan fingerprint density at radius 2 is 2.05 bits per heavy atom. The first kappa shape index (κ1) is 14.6. The molecule has 1 aromatic heterocycles. The SMILES string of the molecule is CCCCC(CC)Nc1ccccc1-c1nc(C)no1. The lowest BCUT2D eigenvalue weighted by Gasteiger charge is -2.19. The van der Waals surface area contributed by atoms with Crippen LogP contribution in [0.5, 0.6) is 0 Å². The van der Waals surface area contributed by atoms with Gasteiger partial charge < -0.3 is 9.84 Å². The van der Waals surface area contributed by atoms with Crippen LogP contribution in [-0.2, 0) is 0 Å². The predicted octanol–water partition coefficient (Wildman–Crippen LogP) is 4.43. The maximum Gasteiger partial charge on any atom is 0.260 e. The normalized spacial score (nSPS) is 12.3. The van der Waals surface area contributed by atoms with E-state index in [1.807, 2.05) is 25.1 Å². The second kappa shape index (κ2) is 7.08. The molecule has 0 amide bonds. The van der Waals surface area contributed by atoms with Gasteiger partial charge in [-0.15, -0.1) is 0 Å². The Morgan fingerprint density at radius 3 is 2.70 bits per heavy atom. The second-order valence-electron chi connectivity index (χ2n) is 5.08. The molecule has 0 radical (unpaired) electrons. The number of hydrogen-bond acceptors (Lipinski definition) is 4. The van der Waals surface area contributed by atoms with Gasteiger partial charge in [0, 0.05) is 11.7 Å². The molecule has 0 fully saturated rings. The summed E-state index contributed by atoms with van der Waals surface area (Å²) in [6, 6.07) is 8.60. The summed E-state index contributed by atoms with van der Waals surface area (Å²) < 4.78 is 5.29. The average Bonchev–Trinajstić information content (AvgIpc) is 2.90. The van der Waals surface area contributed by atoms with Gasteiger partial charge in [-0.2, -0.15) is 4.98 Å². The van der Waals surface area contributed by atoms with Crippen LogP contribution in [0.15, 0.2) is 28.8 Å². The van der Waals surface area contributed by atoms with Gasteiger partial charge in [-0.05, 0) is 31.9 Å². The van der Waals surface area contributed by atoms with Crippen LogP contribution >= 0.6 is 0 Å². The number of aromatic nitrogens is 2. The highest BCUT2D eigenvalue weighted by Gasteiger charge is 2.13. The quantitative estimate of drug-likeness (QED) is 0.811. The maximum absolute atomic E-state index is 5.29. The van der Waals surface area contributed by atoms with Crippen LogP contribution in [0.3, 0.4) is 0 Å². The minimum Gasteiger partial charge on any atom is -0.382 e. The molecule has 1 N–H and O–H groups in total. The minimum absolute atomic E-state index is 0.486. The maximum atomic E-state index is 5.29.